The molecule has 0 heterocycles. The maximum absolute atomic E-state index is 5.40. The minimum absolute atomic E-state index is 0.628. The summed E-state index contributed by atoms with van der Waals surface area (Å²) in [6.07, 6.45) is 1.78. The molecule has 0 aliphatic rings. The molecular formula is C18H21NO3. The quantitative estimate of drug-likeness (QED) is 0.781. The van der Waals surface area contributed by atoms with Gasteiger partial charge in [-0.05, 0) is 37.1 Å². The maximum atomic E-state index is 5.40. The van der Waals surface area contributed by atoms with Crippen molar-refractivity contribution in [3.05, 3.63) is 47.0 Å². The van der Waals surface area contributed by atoms with Crippen molar-refractivity contribution in [2.45, 2.75) is 13.8 Å². The van der Waals surface area contributed by atoms with Gasteiger partial charge in [-0.25, -0.2) is 0 Å². The highest BCUT2D eigenvalue weighted by molar-refractivity contribution is 5.87. The van der Waals surface area contributed by atoms with E-state index in [9.17, 15) is 0 Å². The highest BCUT2D eigenvalue weighted by Gasteiger charge is 2.10. The van der Waals surface area contributed by atoms with E-state index in [1.807, 2.05) is 18.2 Å². The maximum Gasteiger partial charge on any atom is 0.164 e. The predicted octanol–water partition coefficient (Wildman–Crippen LogP) is 4.08. The molecule has 2 aromatic carbocycles. The molecule has 0 amide bonds. The van der Waals surface area contributed by atoms with E-state index in [-0.39, 0.29) is 0 Å². The van der Waals surface area contributed by atoms with Crippen molar-refractivity contribution in [1.29, 1.82) is 0 Å². The van der Waals surface area contributed by atoms with Gasteiger partial charge in [0.1, 0.15) is 5.75 Å². The van der Waals surface area contributed by atoms with E-state index in [1.54, 1.807) is 33.6 Å². The van der Waals surface area contributed by atoms with Gasteiger partial charge in [-0.1, -0.05) is 12.1 Å². The SMILES string of the molecule is COc1cc(OC)c(OC)cc1C=Nc1cccc(C)c1C. The van der Waals surface area contributed by atoms with Crippen LogP contribution in [-0.2, 0) is 0 Å². The van der Waals surface area contributed by atoms with Gasteiger partial charge in [0.05, 0.1) is 27.0 Å². The van der Waals surface area contributed by atoms with Crippen molar-refractivity contribution < 1.29 is 14.2 Å². The summed E-state index contributed by atoms with van der Waals surface area (Å²) < 4.78 is 16.0. The van der Waals surface area contributed by atoms with Crippen LogP contribution in [0.2, 0.25) is 0 Å². The van der Waals surface area contributed by atoms with E-state index < -0.39 is 0 Å². The molecule has 0 spiro atoms. The number of nitrogens with zero attached hydrogens (tertiary/aromatic N) is 1. The fraction of sp³-hybridized carbons (Fsp3) is 0.278. The average molecular weight is 299 g/mol. The summed E-state index contributed by atoms with van der Waals surface area (Å²) in [4.78, 5) is 4.57. The largest absolute Gasteiger partial charge is 0.496 e. The minimum Gasteiger partial charge on any atom is -0.496 e. The number of ether oxygens (including phenoxy) is 3. The van der Waals surface area contributed by atoms with E-state index in [0.29, 0.717) is 17.2 Å². The van der Waals surface area contributed by atoms with E-state index in [4.69, 9.17) is 14.2 Å². The zero-order valence-corrected chi connectivity index (χ0v) is 13.6. The third-order valence-corrected chi connectivity index (χ3v) is 3.65. The third-order valence-electron chi connectivity index (χ3n) is 3.65. The van der Waals surface area contributed by atoms with Gasteiger partial charge in [0, 0.05) is 17.8 Å². The van der Waals surface area contributed by atoms with Gasteiger partial charge in [-0.15, -0.1) is 0 Å². The van der Waals surface area contributed by atoms with Crippen LogP contribution in [0.5, 0.6) is 17.2 Å². The Bertz CT molecular complexity index is 693. The Morgan fingerprint density at radius 3 is 2.14 bits per heavy atom. The van der Waals surface area contributed by atoms with E-state index in [0.717, 1.165) is 16.8 Å². The summed E-state index contributed by atoms with van der Waals surface area (Å²) in [5.74, 6) is 1.96. The number of benzene rings is 2. The Morgan fingerprint density at radius 2 is 1.50 bits per heavy atom. The van der Waals surface area contributed by atoms with Crippen LogP contribution in [0.3, 0.4) is 0 Å². The molecule has 0 fully saturated rings. The lowest BCUT2D eigenvalue weighted by atomic mass is 10.1. The first-order chi connectivity index (χ1) is 10.6. The molecule has 116 valence electrons. The van der Waals surface area contributed by atoms with E-state index >= 15 is 0 Å². The second-order valence-electron chi connectivity index (χ2n) is 4.93. The Balaban J connectivity index is 2.43. The van der Waals surface area contributed by atoms with Crippen molar-refractivity contribution in [1.82, 2.24) is 0 Å². The van der Waals surface area contributed by atoms with Gasteiger partial charge in [0.15, 0.2) is 11.5 Å². The molecule has 22 heavy (non-hydrogen) atoms. The molecule has 0 aromatic heterocycles. The van der Waals surface area contributed by atoms with Crippen molar-refractivity contribution in [3.63, 3.8) is 0 Å². The molecule has 0 aliphatic carbocycles. The molecule has 0 saturated carbocycles. The van der Waals surface area contributed by atoms with E-state index in [2.05, 4.69) is 24.9 Å². The topological polar surface area (TPSA) is 40.0 Å². The minimum atomic E-state index is 0.628. The fourth-order valence-electron chi connectivity index (χ4n) is 2.17. The van der Waals surface area contributed by atoms with Crippen LogP contribution in [-0.4, -0.2) is 27.5 Å². The molecule has 2 aromatic rings. The van der Waals surface area contributed by atoms with Gasteiger partial charge < -0.3 is 14.2 Å². The molecule has 0 unspecified atom stereocenters. The molecular weight excluding hydrogens is 278 g/mol. The van der Waals surface area contributed by atoms with E-state index in [1.165, 1.54) is 5.56 Å². The van der Waals surface area contributed by atoms with Gasteiger partial charge in [-0.3, -0.25) is 4.99 Å². The number of aryl methyl sites for hydroxylation is 1. The molecule has 4 nitrogen and oxygen atoms in total. The summed E-state index contributed by atoms with van der Waals surface area (Å²) in [5.41, 5.74) is 4.16. The first-order valence-corrected chi connectivity index (χ1v) is 7.01. The molecule has 4 heteroatoms. The predicted molar refractivity (Wildman–Crippen MR) is 89.3 cm³/mol. The number of methoxy groups -OCH3 is 3. The Morgan fingerprint density at radius 1 is 0.864 bits per heavy atom. The van der Waals surface area contributed by atoms with Crippen LogP contribution in [0.1, 0.15) is 16.7 Å². The fourth-order valence-corrected chi connectivity index (χ4v) is 2.17. The lowest BCUT2D eigenvalue weighted by molar-refractivity contribution is 0.349. The molecule has 0 N–H and O–H groups in total. The highest BCUT2D eigenvalue weighted by atomic mass is 16.5. The van der Waals surface area contributed by atoms with Crippen molar-refractivity contribution >= 4 is 11.9 Å². The number of hydrogen-bond acceptors (Lipinski definition) is 4. The van der Waals surface area contributed by atoms with Gasteiger partial charge in [0.2, 0.25) is 0 Å². The van der Waals surface area contributed by atoms with Crippen LogP contribution >= 0.6 is 0 Å². The first-order valence-electron chi connectivity index (χ1n) is 7.01. The molecule has 0 atom stereocenters. The van der Waals surface area contributed by atoms with Crippen LogP contribution in [0.25, 0.3) is 0 Å². The van der Waals surface area contributed by atoms with Gasteiger partial charge in [0.25, 0.3) is 0 Å². The Hall–Kier alpha value is -2.49. The Labute approximate surface area is 131 Å². The zero-order chi connectivity index (χ0) is 16.1. The lowest BCUT2D eigenvalue weighted by Crippen LogP contribution is -1.96. The molecule has 0 radical (unpaired) electrons. The highest BCUT2D eigenvalue weighted by Crippen LogP contribution is 2.34. The van der Waals surface area contributed by atoms with Crippen LogP contribution in [0, 0.1) is 13.8 Å². The number of hydrogen-bond donors (Lipinski definition) is 0. The lowest BCUT2D eigenvalue weighted by Gasteiger charge is -2.12. The molecule has 0 aliphatic heterocycles. The third kappa shape index (κ3) is 3.22. The zero-order valence-electron chi connectivity index (χ0n) is 13.6. The molecule has 2 rings (SSSR count). The first kappa shape index (κ1) is 15.9. The van der Waals surface area contributed by atoms with Crippen molar-refractivity contribution in [3.8, 4) is 17.2 Å². The monoisotopic (exact) mass is 299 g/mol. The summed E-state index contributed by atoms with van der Waals surface area (Å²) in [7, 11) is 4.83. The standard InChI is InChI=1S/C18H21NO3/c1-12-7-6-8-15(13(12)2)19-11-14-9-17(21-4)18(22-5)10-16(14)20-3/h6-11H,1-5H3. The molecule has 0 saturated heterocycles. The second-order valence-corrected chi connectivity index (χ2v) is 4.93. The van der Waals surface area contributed by atoms with Crippen LogP contribution < -0.4 is 14.2 Å². The van der Waals surface area contributed by atoms with Crippen molar-refractivity contribution in [2.24, 2.45) is 4.99 Å². The smallest absolute Gasteiger partial charge is 0.164 e. The summed E-state index contributed by atoms with van der Waals surface area (Å²) in [5, 5.41) is 0. The molecule has 0 bridgehead atoms. The van der Waals surface area contributed by atoms with Gasteiger partial charge in [-0.2, -0.15) is 0 Å². The summed E-state index contributed by atoms with van der Waals surface area (Å²) >= 11 is 0. The van der Waals surface area contributed by atoms with Crippen molar-refractivity contribution in [2.75, 3.05) is 21.3 Å². The van der Waals surface area contributed by atoms with Crippen LogP contribution in [0.4, 0.5) is 5.69 Å². The normalized spacial score (nSPS) is 10.8. The summed E-state index contributed by atoms with van der Waals surface area (Å²) in [6, 6.07) is 9.72. The van der Waals surface area contributed by atoms with Crippen LogP contribution in [0.15, 0.2) is 35.3 Å². The van der Waals surface area contributed by atoms with Gasteiger partial charge >= 0.3 is 0 Å². The summed E-state index contributed by atoms with van der Waals surface area (Å²) in [6.45, 7) is 4.14. The second kappa shape index (κ2) is 6.98. The number of rotatable bonds is 5. The Kier molecular flexibility index (Phi) is 5.04. The average Bonchev–Trinajstić information content (AvgIpc) is 2.55. The number of aliphatic imine (C=N–C) groups is 1.